The highest BCUT2D eigenvalue weighted by Gasteiger charge is 2.44. The molecule has 4 rings (SSSR count). The lowest BCUT2D eigenvalue weighted by molar-refractivity contribution is -0.124. The van der Waals surface area contributed by atoms with Crippen LogP contribution in [-0.4, -0.2) is 51.1 Å². The largest absolute Gasteiger partial charge is 0.497 e. The summed E-state index contributed by atoms with van der Waals surface area (Å²) in [5.74, 6) is 0.873. The Labute approximate surface area is 201 Å². The maximum atomic E-state index is 13.9. The summed E-state index contributed by atoms with van der Waals surface area (Å²) in [4.78, 5) is 29.0. The maximum Gasteiger partial charge on any atom is 0.254 e. The zero-order valence-electron chi connectivity index (χ0n) is 20.4. The van der Waals surface area contributed by atoms with E-state index in [1.807, 2.05) is 24.3 Å². The van der Waals surface area contributed by atoms with Crippen LogP contribution in [0.15, 0.2) is 36.4 Å². The summed E-state index contributed by atoms with van der Waals surface area (Å²) in [6.45, 7) is 0. The van der Waals surface area contributed by atoms with Crippen molar-refractivity contribution in [3.8, 4) is 17.2 Å². The van der Waals surface area contributed by atoms with E-state index in [2.05, 4.69) is 5.32 Å². The summed E-state index contributed by atoms with van der Waals surface area (Å²) in [5, 5.41) is 3.32. The average Bonchev–Trinajstić information content (AvgIpc) is 3.13. The van der Waals surface area contributed by atoms with Crippen LogP contribution in [0.2, 0.25) is 0 Å². The highest BCUT2D eigenvalue weighted by atomic mass is 16.5. The van der Waals surface area contributed by atoms with Crippen molar-refractivity contribution < 1.29 is 23.8 Å². The number of likely N-dealkylation sites (N-methyl/N-ethyl adjacent to an activating group) is 1. The molecule has 1 fully saturated rings. The molecule has 7 heteroatoms. The summed E-state index contributed by atoms with van der Waals surface area (Å²) >= 11 is 0. The van der Waals surface area contributed by atoms with Gasteiger partial charge in [0.15, 0.2) is 11.5 Å². The number of methoxy groups -OCH3 is 3. The fourth-order valence-electron chi connectivity index (χ4n) is 5.26. The fourth-order valence-corrected chi connectivity index (χ4v) is 5.26. The summed E-state index contributed by atoms with van der Waals surface area (Å²) in [7, 11) is 6.47. The normalized spacial score (nSPS) is 20.8. The topological polar surface area (TPSA) is 77.1 Å². The standard InChI is InChI=1S/C27H34N2O5/c1-29-25(17-11-13-19(32-2)14-12-17)24(26(30)28-18-9-7-5-6-8-10-18)20-15-22(33-3)23(34-4)16-21(20)27(29)31/h11-16,18,24-25H,5-10H2,1-4H3,(H,28,30)/t24-,25-/m1/s1. The first-order valence-corrected chi connectivity index (χ1v) is 12.0. The molecule has 0 aromatic heterocycles. The van der Waals surface area contributed by atoms with Gasteiger partial charge in [-0.05, 0) is 48.2 Å². The summed E-state index contributed by atoms with van der Waals surface area (Å²) in [6, 6.07) is 10.7. The number of amides is 2. The molecule has 1 heterocycles. The number of fused-ring (bicyclic) bond motifs is 1. The molecule has 7 nitrogen and oxygen atoms in total. The molecule has 2 atom stereocenters. The van der Waals surface area contributed by atoms with Crippen LogP contribution in [0, 0.1) is 0 Å². The Bertz CT molecular complexity index is 1030. The van der Waals surface area contributed by atoms with Gasteiger partial charge in [0.1, 0.15) is 5.75 Å². The molecular weight excluding hydrogens is 432 g/mol. The molecular formula is C27H34N2O5. The lowest BCUT2D eigenvalue weighted by Gasteiger charge is -2.40. The zero-order valence-corrected chi connectivity index (χ0v) is 20.4. The lowest BCUT2D eigenvalue weighted by Crippen LogP contribution is -2.47. The van der Waals surface area contributed by atoms with Gasteiger partial charge in [-0.3, -0.25) is 9.59 Å². The third-order valence-electron chi connectivity index (χ3n) is 7.12. The van der Waals surface area contributed by atoms with Crippen molar-refractivity contribution in [2.75, 3.05) is 28.4 Å². The van der Waals surface area contributed by atoms with Gasteiger partial charge in [-0.2, -0.15) is 0 Å². The molecule has 0 saturated heterocycles. The van der Waals surface area contributed by atoms with Gasteiger partial charge in [0.05, 0.1) is 33.3 Å². The Morgan fingerprint density at radius 3 is 2.12 bits per heavy atom. The van der Waals surface area contributed by atoms with Crippen molar-refractivity contribution in [3.05, 3.63) is 53.1 Å². The molecule has 0 bridgehead atoms. The van der Waals surface area contributed by atoms with E-state index in [0.717, 1.165) is 37.0 Å². The second-order valence-corrected chi connectivity index (χ2v) is 9.10. The first kappa shape index (κ1) is 23.9. The molecule has 1 aliphatic heterocycles. The first-order valence-electron chi connectivity index (χ1n) is 12.0. The molecule has 1 aliphatic carbocycles. The van der Waals surface area contributed by atoms with E-state index < -0.39 is 12.0 Å². The van der Waals surface area contributed by atoms with Crippen LogP contribution in [-0.2, 0) is 4.79 Å². The second-order valence-electron chi connectivity index (χ2n) is 9.10. The predicted octanol–water partition coefficient (Wildman–Crippen LogP) is 4.46. The summed E-state index contributed by atoms with van der Waals surface area (Å²) in [5.41, 5.74) is 2.00. The van der Waals surface area contributed by atoms with Crippen molar-refractivity contribution in [1.29, 1.82) is 0 Å². The number of carbonyl (C=O) groups excluding carboxylic acids is 2. The monoisotopic (exact) mass is 466 g/mol. The Morgan fingerprint density at radius 2 is 1.53 bits per heavy atom. The SMILES string of the molecule is COc1ccc([C@@H]2[C@H](C(=O)NC3CCCCCC3)c3cc(OC)c(OC)cc3C(=O)N2C)cc1. The molecule has 0 radical (unpaired) electrons. The molecule has 182 valence electrons. The van der Waals surface area contributed by atoms with Crippen LogP contribution in [0.4, 0.5) is 0 Å². The van der Waals surface area contributed by atoms with E-state index in [4.69, 9.17) is 14.2 Å². The van der Waals surface area contributed by atoms with E-state index >= 15 is 0 Å². The Balaban J connectivity index is 1.80. The van der Waals surface area contributed by atoms with Crippen molar-refractivity contribution in [1.82, 2.24) is 10.2 Å². The quantitative estimate of drug-likeness (QED) is 0.636. The number of nitrogens with one attached hydrogen (secondary N) is 1. The van der Waals surface area contributed by atoms with E-state index in [9.17, 15) is 9.59 Å². The third kappa shape index (κ3) is 4.56. The first-order chi connectivity index (χ1) is 16.5. The zero-order chi connectivity index (χ0) is 24.2. The molecule has 2 amide bonds. The van der Waals surface area contributed by atoms with E-state index in [1.54, 1.807) is 38.3 Å². The Hall–Kier alpha value is -3.22. The highest BCUT2D eigenvalue weighted by Crippen LogP contribution is 2.46. The molecule has 34 heavy (non-hydrogen) atoms. The van der Waals surface area contributed by atoms with Gasteiger partial charge in [0.2, 0.25) is 5.91 Å². The third-order valence-corrected chi connectivity index (χ3v) is 7.12. The summed E-state index contributed by atoms with van der Waals surface area (Å²) in [6.07, 6.45) is 6.64. The lowest BCUT2D eigenvalue weighted by atomic mass is 9.79. The number of nitrogens with zero attached hydrogens (tertiary/aromatic N) is 1. The van der Waals surface area contributed by atoms with Gasteiger partial charge < -0.3 is 24.4 Å². The van der Waals surface area contributed by atoms with Gasteiger partial charge >= 0.3 is 0 Å². The van der Waals surface area contributed by atoms with Crippen LogP contribution in [0.5, 0.6) is 17.2 Å². The van der Waals surface area contributed by atoms with Crippen LogP contribution >= 0.6 is 0 Å². The van der Waals surface area contributed by atoms with Gasteiger partial charge in [-0.1, -0.05) is 37.8 Å². The van der Waals surface area contributed by atoms with Crippen LogP contribution in [0.25, 0.3) is 0 Å². The van der Waals surface area contributed by atoms with Crippen molar-refractivity contribution >= 4 is 11.8 Å². The molecule has 1 saturated carbocycles. The van der Waals surface area contributed by atoms with Crippen molar-refractivity contribution in [2.45, 2.75) is 56.5 Å². The van der Waals surface area contributed by atoms with Crippen LogP contribution in [0.1, 0.15) is 72.0 Å². The maximum absolute atomic E-state index is 13.9. The van der Waals surface area contributed by atoms with E-state index in [1.165, 1.54) is 20.0 Å². The van der Waals surface area contributed by atoms with Crippen LogP contribution < -0.4 is 19.5 Å². The Kier molecular flexibility index (Phi) is 7.29. The highest BCUT2D eigenvalue weighted by molar-refractivity contribution is 6.02. The minimum Gasteiger partial charge on any atom is -0.497 e. The van der Waals surface area contributed by atoms with Crippen molar-refractivity contribution in [2.24, 2.45) is 0 Å². The number of benzene rings is 2. The van der Waals surface area contributed by atoms with Gasteiger partial charge in [0, 0.05) is 18.7 Å². The van der Waals surface area contributed by atoms with Gasteiger partial charge in [0.25, 0.3) is 5.91 Å². The fraction of sp³-hybridized carbons (Fsp3) is 0.481. The smallest absolute Gasteiger partial charge is 0.254 e. The summed E-state index contributed by atoms with van der Waals surface area (Å²) < 4.78 is 16.3. The number of rotatable bonds is 6. The molecule has 0 unspecified atom stereocenters. The number of ether oxygens (including phenoxy) is 3. The minimum atomic E-state index is -0.589. The average molecular weight is 467 g/mol. The number of carbonyl (C=O) groups is 2. The minimum absolute atomic E-state index is 0.0689. The Morgan fingerprint density at radius 1 is 0.912 bits per heavy atom. The van der Waals surface area contributed by atoms with Crippen LogP contribution in [0.3, 0.4) is 0 Å². The number of hydrogen-bond donors (Lipinski definition) is 1. The van der Waals surface area contributed by atoms with E-state index in [0.29, 0.717) is 22.6 Å². The predicted molar refractivity (Wildman–Crippen MR) is 130 cm³/mol. The molecule has 0 spiro atoms. The molecule has 2 aliphatic rings. The molecule has 2 aromatic rings. The van der Waals surface area contributed by atoms with E-state index in [-0.39, 0.29) is 17.9 Å². The molecule has 1 N–H and O–H groups in total. The number of hydrogen-bond acceptors (Lipinski definition) is 5. The molecule has 2 aromatic carbocycles. The van der Waals surface area contributed by atoms with Crippen molar-refractivity contribution in [3.63, 3.8) is 0 Å². The van der Waals surface area contributed by atoms with Gasteiger partial charge in [-0.25, -0.2) is 0 Å². The second kappa shape index (κ2) is 10.4. The van der Waals surface area contributed by atoms with Gasteiger partial charge in [-0.15, -0.1) is 0 Å².